The number of rotatable bonds is 3. The standard InChI is InChI=1S/C17H18N4O/c1-21-16(7-10-19-21)17-15(8-11-22-17)20-14-6-9-18-13-5-3-2-4-12(13)14/h2-7,9-10,15,17H,8,11H2,1H3,(H,18,20)/t15-,17-/m0/s1. The van der Waals surface area contributed by atoms with Crippen LogP contribution in [-0.2, 0) is 11.8 Å². The summed E-state index contributed by atoms with van der Waals surface area (Å²) in [5.74, 6) is 0. The van der Waals surface area contributed by atoms with Crippen LogP contribution >= 0.6 is 0 Å². The second-order valence-electron chi connectivity index (χ2n) is 5.59. The van der Waals surface area contributed by atoms with Crippen molar-refractivity contribution in [3.63, 3.8) is 0 Å². The third kappa shape index (κ3) is 2.23. The highest BCUT2D eigenvalue weighted by molar-refractivity contribution is 5.91. The molecule has 1 N–H and O–H groups in total. The first-order valence-corrected chi connectivity index (χ1v) is 7.53. The van der Waals surface area contributed by atoms with E-state index in [-0.39, 0.29) is 12.1 Å². The molecule has 2 aromatic heterocycles. The van der Waals surface area contributed by atoms with Gasteiger partial charge in [0.05, 0.1) is 17.3 Å². The monoisotopic (exact) mass is 294 g/mol. The molecule has 5 nitrogen and oxygen atoms in total. The molecule has 2 atom stereocenters. The first kappa shape index (κ1) is 13.3. The molecule has 0 amide bonds. The number of aryl methyl sites for hydroxylation is 1. The number of benzene rings is 1. The van der Waals surface area contributed by atoms with Gasteiger partial charge in [0, 0.05) is 37.1 Å². The molecule has 0 radical (unpaired) electrons. The summed E-state index contributed by atoms with van der Waals surface area (Å²) in [4.78, 5) is 4.41. The summed E-state index contributed by atoms with van der Waals surface area (Å²) in [5.41, 5.74) is 3.21. The molecule has 112 valence electrons. The lowest BCUT2D eigenvalue weighted by Gasteiger charge is -2.21. The van der Waals surface area contributed by atoms with E-state index in [1.54, 1.807) is 0 Å². The minimum absolute atomic E-state index is 0.0272. The Balaban J connectivity index is 1.66. The van der Waals surface area contributed by atoms with E-state index in [2.05, 4.69) is 21.5 Å². The van der Waals surface area contributed by atoms with Crippen LogP contribution in [-0.4, -0.2) is 27.4 Å². The van der Waals surface area contributed by atoms with Gasteiger partial charge in [-0.2, -0.15) is 5.10 Å². The first-order chi connectivity index (χ1) is 10.8. The molecule has 0 aliphatic carbocycles. The van der Waals surface area contributed by atoms with Gasteiger partial charge in [-0.15, -0.1) is 0 Å². The van der Waals surface area contributed by atoms with Gasteiger partial charge >= 0.3 is 0 Å². The number of pyridine rings is 1. The van der Waals surface area contributed by atoms with Crippen LogP contribution in [0.3, 0.4) is 0 Å². The van der Waals surface area contributed by atoms with E-state index in [1.165, 1.54) is 0 Å². The number of nitrogens with zero attached hydrogens (tertiary/aromatic N) is 3. The molecule has 1 aromatic carbocycles. The van der Waals surface area contributed by atoms with Crippen molar-refractivity contribution >= 4 is 16.6 Å². The van der Waals surface area contributed by atoms with Crippen LogP contribution in [0.1, 0.15) is 18.2 Å². The molecule has 0 bridgehead atoms. The van der Waals surface area contributed by atoms with Gasteiger partial charge < -0.3 is 10.1 Å². The average Bonchev–Trinajstić information content (AvgIpc) is 3.16. The molecule has 1 saturated heterocycles. The highest BCUT2D eigenvalue weighted by atomic mass is 16.5. The number of ether oxygens (including phenoxy) is 1. The lowest BCUT2D eigenvalue weighted by Crippen LogP contribution is -2.25. The van der Waals surface area contributed by atoms with E-state index < -0.39 is 0 Å². The molecular weight excluding hydrogens is 276 g/mol. The Labute approximate surface area is 128 Å². The minimum Gasteiger partial charge on any atom is -0.379 e. The average molecular weight is 294 g/mol. The third-order valence-corrected chi connectivity index (χ3v) is 4.23. The normalized spacial score (nSPS) is 21.3. The van der Waals surface area contributed by atoms with Crippen LogP contribution in [0.2, 0.25) is 0 Å². The van der Waals surface area contributed by atoms with Crippen LogP contribution in [0.5, 0.6) is 0 Å². The molecule has 1 aliphatic heterocycles. The summed E-state index contributed by atoms with van der Waals surface area (Å²) in [7, 11) is 1.95. The largest absolute Gasteiger partial charge is 0.379 e. The van der Waals surface area contributed by atoms with Crippen molar-refractivity contribution < 1.29 is 4.74 Å². The van der Waals surface area contributed by atoms with Gasteiger partial charge in [0.15, 0.2) is 0 Å². The SMILES string of the molecule is Cn1nccc1[C@H]1OCC[C@@H]1Nc1ccnc2ccccc12. The van der Waals surface area contributed by atoms with E-state index in [0.29, 0.717) is 0 Å². The lowest BCUT2D eigenvalue weighted by molar-refractivity contribution is 0.101. The van der Waals surface area contributed by atoms with E-state index in [1.807, 2.05) is 54.5 Å². The quantitative estimate of drug-likeness (QED) is 0.807. The van der Waals surface area contributed by atoms with Gasteiger partial charge in [-0.3, -0.25) is 9.67 Å². The van der Waals surface area contributed by atoms with Gasteiger partial charge in [-0.25, -0.2) is 0 Å². The molecular formula is C17H18N4O. The highest BCUT2D eigenvalue weighted by Crippen LogP contribution is 2.32. The van der Waals surface area contributed by atoms with Gasteiger partial charge in [0.1, 0.15) is 6.10 Å². The minimum atomic E-state index is 0.0272. The second-order valence-corrected chi connectivity index (χ2v) is 5.59. The zero-order chi connectivity index (χ0) is 14.9. The number of fused-ring (bicyclic) bond motifs is 1. The van der Waals surface area contributed by atoms with E-state index in [0.717, 1.165) is 35.3 Å². The lowest BCUT2D eigenvalue weighted by atomic mass is 10.1. The fraction of sp³-hybridized carbons (Fsp3) is 0.294. The molecule has 1 aliphatic rings. The summed E-state index contributed by atoms with van der Waals surface area (Å²) in [6.45, 7) is 0.760. The Morgan fingerprint density at radius 2 is 2.09 bits per heavy atom. The first-order valence-electron chi connectivity index (χ1n) is 7.53. The van der Waals surface area contributed by atoms with Gasteiger partial charge in [0.2, 0.25) is 0 Å². The number of hydrogen-bond acceptors (Lipinski definition) is 4. The van der Waals surface area contributed by atoms with E-state index >= 15 is 0 Å². The highest BCUT2D eigenvalue weighted by Gasteiger charge is 2.31. The zero-order valence-corrected chi connectivity index (χ0v) is 12.4. The predicted octanol–water partition coefficient (Wildman–Crippen LogP) is 2.91. The summed E-state index contributed by atoms with van der Waals surface area (Å²) >= 11 is 0. The summed E-state index contributed by atoms with van der Waals surface area (Å²) in [6, 6.07) is 12.5. The van der Waals surface area contributed by atoms with Gasteiger partial charge in [-0.1, -0.05) is 18.2 Å². The van der Waals surface area contributed by atoms with Crippen LogP contribution in [0.15, 0.2) is 48.8 Å². The number of hydrogen-bond donors (Lipinski definition) is 1. The van der Waals surface area contributed by atoms with Crippen LogP contribution < -0.4 is 5.32 Å². The Morgan fingerprint density at radius 1 is 1.18 bits per heavy atom. The summed E-state index contributed by atoms with van der Waals surface area (Å²) < 4.78 is 7.82. The molecule has 22 heavy (non-hydrogen) atoms. The Bertz CT molecular complexity index is 793. The van der Waals surface area contributed by atoms with Crippen molar-refractivity contribution in [2.24, 2.45) is 7.05 Å². The van der Waals surface area contributed by atoms with E-state index in [4.69, 9.17) is 4.74 Å². The molecule has 1 fully saturated rings. The maximum atomic E-state index is 5.94. The Hall–Kier alpha value is -2.40. The number of anilines is 1. The second kappa shape index (κ2) is 5.42. The summed E-state index contributed by atoms with van der Waals surface area (Å²) in [5, 5.41) is 9.03. The Morgan fingerprint density at radius 3 is 2.95 bits per heavy atom. The van der Waals surface area contributed by atoms with Crippen LogP contribution in [0.25, 0.3) is 10.9 Å². The number of nitrogens with one attached hydrogen (secondary N) is 1. The van der Waals surface area contributed by atoms with Gasteiger partial charge in [0.25, 0.3) is 0 Å². The summed E-state index contributed by atoms with van der Waals surface area (Å²) in [6.07, 6.45) is 4.67. The molecule has 5 heteroatoms. The van der Waals surface area contributed by atoms with Crippen LogP contribution in [0.4, 0.5) is 5.69 Å². The van der Waals surface area contributed by atoms with Crippen molar-refractivity contribution in [3.8, 4) is 0 Å². The molecule has 0 unspecified atom stereocenters. The van der Waals surface area contributed by atoms with Crippen molar-refractivity contribution in [2.75, 3.05) is 11.9 Å². The molecule has 0 saturated carbocycles. The number of aromatic nitrogens is 3. The molecule has 3 aromatic rings. The number of para-hydroxylation sites is 1. The van der Waals surface area contributed by atoms with Crippen molar-refractivity contribution in [1.29, 1.82) is 0 Å². The predicted molar refractivity (Wildman–Crippen MR) is 85.7 cm³/mol. The van der Waals surface area contributed by atoms with Crippen molar-refractivity contribution in [1.82, 2.24) is 14.8 Å². The topological polar surface area (TPSA) is 52.0 Å². The maximum absolute atomic E-state index is 5.94. The smallest absolute Gasteiger partial charge is 0.119 e. The zero-order valence-electron chi connectivity index (χ0n) is 12.4. The van der Waals surface area contributed by atoms with Gasteiger partial charge in [-0.05, 0) is 24.6 Å². The molecule has 4 rings (SSSR count). The fourth-order valence-corrected chi connectivity index (χ4v) is 3.11. The Kier molecular flexibility index (Phi) is 3.27. The molecule has 3 heterocycles. The van der Waals surface area contributed by atoms with E-state index in [9.17, 15) is 0 Å². The fourth-order valence-electron chi connectivity index (χ4n) is 3.11. The maximum Gasteiger partial charge on any atom is 0.119 e. The van der Waals surface area contributed by atoms with Crippen LogP contribution in [0, 0.1) is 0 Å². The third-order valence-electron chi connectivity index (χ3n) is 4.23. The van der Waals surface area contributed by atoms with Crippen molar-refractivity contribution in [2.45, 2.75) is 18.6 Å². The molecule has 0 spiro atoms. The van der Waals surface area contributed by atoms with Crippen molar-refractivity contribution in [3.05, 3.63) is 54.5 Å².